The standard InChI is InChI=1S/C14H19N3S/c1-10-7-12-9-15-16-14(12)8-13(10)11-3-5-17(18-2)6-4-11/h7-9,11H,3-6H2,1-2H3,(H,15,16). The van der Waals surface area contributed by atoms with Crippen molar-refractivity contribution in [2.45, 2.75) is 25.7 Å². The second kappa shape index (κ2) is 4.94. The second-order valence-electron chi connectivity index (χ2n) is 5.05. The molecule has 96 valence electrons. The summed E-state index contributed by atoms with van der Waals surface area (Å²) in [5.74, 6) is 0.709. The molecule has 0 aliphatic carbocycles. The zero-order chi connectivity index (χ0) is 12.5. The predicted molar refractivity (Wildman–Crippen MR) is 77.9 cm³/mol. The lowest BCUT2D eigenvalue weighted by Crippen LogP contribution is -2.27. The Morgan fingerprint density at radius 2 is 2.11 bits per heavy atom. The van der Waals surface area contributed by atoms with Crippen LogP contribution in [0.15, 0.2) is 18.3 Å². The maximum atomic E-state index is 4.12. The number of aryl methyl sites for hydroxylation is 1. The first-order valence-corrected chi connectivity index (χ1v) is 7.69. The lowest BCUT2D eigenvalue weighted by Gasteiger charge is -2.31. The van der Waals surface area contributed by atoms with E-state index in [4.69, 9.17) is 0 Å². The summed E-state index contributed by atoms with van der Waals surface area (Å²) in [4.78, 5) is 0. The first-order valence-electron chi connectivity index (χ1n) is 6.50. The Balaban J connectivity index is 1.87. The van der Waals surface area contributed by atoms with Gasteiger partial charge >= 0.3 is 0 Å². The van der Waals surface area contributed by atoms with Crippen molar-refractivity contribution in [2.24, 2.45) is 0 Å². The van der Waals surface area contributed by atoms with Crippen LogP contribution in [0, 0.1) is 6.92 Å². The lowest BCUT2D eigenvalue weighted by molar-refractivity contribution is 0.346. The molecule has 0 atom stereocenters. The van der Waals surface area contributed by atoms with Crippen molar-refractivity contribution < 1.29 is 0 Å². The van der Waals surface area contributed by atoms with E-state index in [1.54, 1.807) is 0 Å². The summed E-state index contributed by atoms with van der Waals surface area (Å²) in [5, 5.41) is 8.42. The fraction of sp³-hybridized carbons (Fsp3) is 0.500. The third-order valence-electron chi connectivity index (χ3n) is 3.98. The summed E-state index contributed by atoms with van der Waals surface area (Å²) in [6, 6.07) is 4.56. The number of hydrogen-bond donors (Lipinski definition) is 1. The van der Waals surface area contributed by atoms with Gasteiger partial charge in [-0.3, -0.25) is 9.40 Å². The van der Waals surface area contributed by atoms with Gasteiger partial charge in [0.15, 0.2) is 0 Å². The summed E-state index contributed by atoms with van der Waals surface area (Å²) in [5.41, 5.74) is 4.09. The van der Waals surface area contributed by atoms with Crippen LogP contribution < -0.4 is 0 Å². The zero-order valence-electron chi connectivity index (χ0n) is 10.9. The van der Waals surface area contributed by atoms with Crippen molar-refractivity contribution in [3.63, 3.8) is 0 Å². The van der Waals surface area contributed by atoms with E-state index in [9.17, 15) is 0 Å². The van der Waals surface area contributed by atoms with Crippen molar-refractivity contribution in [1.29, 1.82) is 0 Å². The maximum absolute atomic E-state index is 4.12. The molecule has 0 saturated carbocycles. The Bertz CT molecular complexity index is 541. The van der Waals surface area contributed by atoms with Gasteiger partial charge in [-0.2, -0.15) is 5.10 Å². The summed E-state index contributed by atoms with van der Waals surface area (Å²) < 4.78 is 2.46. The Labute approximate surface area is 112 Å². The molecule has 0 amide bonds. The lowest BCUT2D eigenvalue weighted by atomic mass is 9.87. The molecule has 3 nitrogen and oxygen atoms in total. The molecular weight excluding hydrogens is 242 g/mol. The van der Waals surface area contributed by atoms with Gasteiger partial charge in [-0.05, 0) is 55.2 Å². The molecular formula is C14H19N3S. The summed E-state index contributed by atoms with van der Waals surface area (Å²) in [7, 11) is 0. The minimum absolute atomic E-state index is 0.709. The van der Waals surface area contributed by atoms with Crippen LogP contribution in [0.2, 0.25) is 0 Å². The highest BCUT2D eigenvalue weighted by molar-refractivity contribution is 7.96. The summed E-state index contributed by atoms with van der Waals surface area (Å²) in [6.45, 7) is 4.63. The molecule has 2 heterocycles. The largest absolute Gasteiger partial charge is 0.278 e. The molecule has 1 aliphatic heterocycles. The van der Waals surface area contributed by atoms with E-state index in [2.05, 4.69) is 39.8 Å². The monoisotopic (exact) mass is 261 g/mol. The van der Waals surface area contributed by atoms with Gasteiger partial charge < -0.3 is 0 Å². The molecule has 2 aromatic rings. The van der Waals surface area contributed by atoms with Crippen molar-refractivity contribution in [3.05, 3.63) is 29.5 Å². The number of aromatic nitrogens is 2. The number of benzene rings is 1. The van der Waals surface area contributed by atoms with E-state index in [0.29, 0.717) is 5.92 Å². The topological polar surface area (TPSA) is 31.9 Å². The second-order valence-corrected chi connectivity index (χ2v) is 5.93. The zero-order valence-corrected chi connectivity index (χ0v) is 11.8. The molecule has 0 radical (unpaired) electrons. The average Bonchev–Trinajstić information content (AvgIpc) is 2.85. The number of H-pyrrole nitrogens is 1. The molecule has 1 aliphatic rings. The number of piperidine rings is 1. The number of nitrogens with one attached hydrogen (secondary N) is 1. The molecule has 1 aromatic heterocycles. The van der Waals surface area contributed by atoms with Crippen LogP contribution in [0.4, 0.5) is 0 Å². The van der Waals surface area contributed by atoms with Crippen molar-refractivity contribution in [1.82, 2.24) is 14.5 Å². The molecule has 1 fully saturated rings. The third kappa shape index (κ3) is 2.15. The quantitative estimate of drug-likeness (QED) is 0.842. The molecule has 0 bridgehead atoms. The van der Waals surface area contributed by atoms with E-state index in [1.165, 1.54) is 48.0 Å². The molecule has 0 unspecified atom stereocenters. The van der Waals surface area contributed by atoms with E-state index in [-0.39, 0.29) is 0 Å². The van der Waals surface area contributed by atoms with Gasteiger partial charge in [0.1, 0.15) is 0 Å². The van der Waals surface area contributed by atoms with E-state index >= 15 is 0 Å². The van der Waals surface area contributed by atoms with Crippen LogP contribution in [0.5, 0.6) is 0 Å². The van der Waals surface area contributed by atoms with E-state index in [0.717, 1.165) is 0 Å². The third-order valence-corrected chi connectivity index (χ3v) is 4.86. The predicted octanol–water partition coefficient (Wildman–Crippen LogP) is 3.33. The molecule has 4 heteroatoms. The highest BCUT2D eigenvalue weighted by Gasteiger charge is 2.21. The number of fused-ring (bicyclic) bond motifs is 1. The first-order chi connectivity index (χ1) is 8.78. The van der Waals surface area contributed by atoms with Gasteiger partial charge in [0.05, 0.1) is 11.7 Å². The fourth-order valence-electron chi connectivity index (χ4n) is 2.91. The molecule has 3 rings (SSSR count). The van der Waals surface area contributed by atoms with E-state index in [1.807, 2.05) is 18.1 Å². The maximum Gasteiger partial charge on any atom is 0.0653 e. The van der Waals surface area contributed by atoms with Gasteiger partial charge in [0.25, 0.3) is 0 Å². The van der Waals surface area contributed by atoms with Crippen LogP contribution in [0.25, 0.3) is 10.9 Å². The van der Waals surface area contributed by atoms with Crippen LogP contribution in [-0.4, -0.2) is 33.8 Å². The molecule has 18 heavy (non-hydrogen) atoms. The first kappa shape index (κ1) is 12.1. The minimum Gasteiger partial charge on any atom is -0.278 e. The Morgan fingerprint density at radius 1 is 1.33 bits per heavy atom. The Morgan fingerprint density at radius 3 is 2.83 bits per heavy atom. The van der Waals surface area contributed by atoms with Gasteiger partial charge in [-0.25, -0.2) is 0 Å². The van der Waals surface area contributed by atoms with Gasteiger partial charge in [0.2, 0.25) is 0 Å². The molecule has 1 aromatic carbocycles. The van der Waals surface area contributed by atoms with Crippen molar-refractivity contribution in [3.8, 4) is 0 Å². The average molecular weight is 261 g/mol. The molecule has 1 N–H and O–H groups in total. The number of nitrogens with zero attached hydrogens (tertiary/aromatic N) is 2. The number of aromatic amines is 1. The van der Waals surface area contributed by atoms with Gasteiger partial charge in [0, 0.05) is 18.5 Å². The van der Waals surface area contributed by atoms with Crippen molar-refractivity contribution in [2.75, 3.05) is 19.3 Å². The molecule has 0 spiro atoms. The normalized spacial score (nSPS) is 18.6. The van der Waals surface area contributed by atoms with Gasteiger partial charge in [-0.15, -0.1) is 0 Å². The fourth-order valence-corrected chi connectivity index (χ4v) is 3.49. The molecule has 1 saturated heterocycles. The van der Waals surface area contributed by atoms with Crippen LogP contribution in [0.1, 0.15) is 29.9 Å². The smallest absolute Gasteiger partial charge is 0.0653 e. The minimum atomic E-state index is 0.709. The van der Waals surface area contributed by atoms with Crippen LogP contribution in [0.3, 0.4) is 0 Å². The summed E-state index contributed by atoms with van der Waals surface area (Å²) >= 11 is 1.87. The van der Waals surface area contributed by atoms with Crippen molar-refractivity contribution >= 4 is 22.9 Å². The number of hydrogen-bond acceptors (Lipinski definition) is 3. The van der Waals surface area contributed by atoms with Crippen LogP contribution in [-0.2, 0) is 0 Å². The highest BCUT2D eigenvalue weighted by Crippen LogP contribution is 2.33. The highest BCUT2D eigenvalue weighted by atomic mass is 32.2. The van der Waals surface area contributed by atoms with Gasteiger partial charge in [-0.1, -0.05) is 11.9 Å². The van der Waals surface area contributed by atoms with Crippen LogP contribution >= 0.6 is 11.9 Å². The SMILES string of the molecule is CSN1CCC(c2cc3[nH]ncc3cc2C)CC1. The van der Waals surface area contributed by atoms with E-state index < -0.39 is 0 Å². The Hall–Kier alpha value is -1.00. The summed E-state index contributed by atoms with van der Waals surface area (Å²) in [6.07, 6.45) is 6.60. The number of rotatable bonds is 2. The Kier molecular flexibility index (Phi) is 3.31.